The van der Waals surface area contributed by atoms with Crippen molar-refractivity contribution in [3.63, 3.8) is 0 Å². The maximum absolute atomic E-state index is 11.9. The molecular formula is C12H18N2O2S. The number of hydrogen-bond donors (Lipinski definition) is 1. The smallest absolute Gasteiger partial charge is 0.236 e. The number of amides is 1. The summed E-state index contributed by atoms with van der Waals surface area (Å²) in [6.45, 7) is 5.23. The number of carbonyl (C=O) groups is 1. The van der Waals surface area contributed by atoms with Crippen molar-refractivity contribution in [2.45, 2.75) is 13.0 Å². The van der Waals surface area contributed by atoms with Gasteiger partial charge in [0.15, 0.2) is 0 Å². The molecule has 0 aliphatic carbocycles. The van der Waals surface area contributed by atoms with E-state index >= 15 is 0 Å². The third kappa shape index (κ3) is 3.52. The van der Waals surface area contributed by atoms with E-state index in [1.807, 2.05) is 11.0 Å². The highest BCUT2D eigenvalue weighted by Gasteiger charge is 2.17. The average Bonchev–Trinajstić information content (AvgIpc) is 2.90. The molecule has 0 aromatic carbocycles. The standard InChI is InChI=1S/C12H18N2O2S/c1-10(11-3-2-8-17-11)13-9-12(15)14-4-6-16-7-5-14/h2-3,8,10,13H,4-7,9H2,1H3/t10-/m1/s1. The lowest BCUT2D eigenvalue weighted by Gasteiger charge is -2.27. The first-order valence-electron chi connectivity index (χ1n) is 5.89. The molecule has 17 heavy (non-hydrogen) atoms. The molecule has 1 aliphatic rings. The van der Waals surface area contributed by atoms with Crippen LogP contribution in [0, 0.1) is 0 Å². The Labute approximate surface area is 106 Å². The van der Waals surface area contributed by atoms with Gasteiger partial charge in [-0.3, -0.25) is 4.79 Å². The van der Waals surface area contributed by atoms with Gasteiger partial charge in [0, 0.05) is 24.0 Å². The van der Waals surface area contributed by atoms with E-state index in [0.717, 1.165) is 0 Å². The minimum atomic E-state index is 0.164. The topological polar surface area (TPSA) is 41.6 Å². The molecule has 94 valence electrons. The Morgan fingerprint density at radius 1 is 1.59 bits per heavy atom. The molecule has 2 rings (SSSR count). The van der Waals surface area contributed by atoms with Crippen LogP contribution in [0.4, 0.5) is 0 Å². The van der Waals surface area contributed by atoms with Gasteiger partial charge in [0.05, 0.1) is 19.8 Å². The summed E-state index contributed by atoms with van der Waals surface area (Å²) in [6, 6.07) is 4.35. The lowest BCUT2D eigenvalue weighted by Crippen LogP contribution is -2.44. The Kier molecular flexibility index (Phi) is 4.53. The summed E-state index contributed by atoms with van der Waals surface area (Å²) in [5.41, 5.74) is 0. The third-order valence-electron chi connectivity index (χ3n) is 2.89. The molecule has 1 saturated heterocycles. The molecule has 1 atom stereocenters. The highest BCUT2D eigenvalue weighted by atomic mass is 32.1. The fourth-order valence-electron chi connectivity index (χ4n) is 1.80. The quantitative estimate of drug-likeness (QED) is 0.879. The van der Waals surface area contributed by atoms with Gasteiger partial charge in [-0.1, -0.05) is 6.07 Å². The molecule has 4 nitrogen and oxygen atoms in total. The number of carbonyl (C=O) groups excluding carboxylic acids is 1. The maximum atomic E-state index is 11.9. The van der Waals surface area contributed by atoms with Crippen molar-refractivity contribution in [3.05, 3.63) is 22.4 Å². The second kappa shape index (κ2) is 6.14. The summed E-state index contributed by atoms with van der Waals surface area (Å²) in [7, 11) is 0. The Hall–Kier alpha value is -0.910. The Morgan fingerprint density at radius 2 is 2.35 bits per heavy atom. The van der Waals surface area contributed by atoms with Gasteiger partial charge in [-0.25, -0.2) is 0 Å². The van der Waals surface area contributed by atoms with E-state index in [1.54, 1.807) is 11.3 Å². The van der Waals surface area contributed by atoms with E-state index in [2.05, 4.69) is 23.7 Å². The molecule has 0 saturated carbocycles. The number of rotatable bonds is 4. The van der Waals surface area contributed by atoms with Crippen molar-refractivity contribution in [1.82, 2.24) is 10.2 Å². The number of ether oxygens (including phenoxy) is 1. The molecule has 0 radical (unpaired) electrons. The Bertz CT molecular complexity index is 347. The van der Waals surface area contributed by atoms with Gasteiger partial charge in [-0.05, 0) is 18.4 Å². The first-order chi connectivity index (χ1) is 8.27. The maximum Gasteiger partial charge on any atom is 0.236 e. The second-order valence-corrected chi connectivity index (χ2v) is 5.09. The van der Waals surface area contributed by atoms with Crippen LogP contribution in [0.3, 0.4) is 0 Å². The summed E-state index contributed by atoms with van der Waals surface area (Å²) in [4.78, 5) is 15.0. The highest BCUT2D eigenvalue weighted by molar-refractivity contribution is 7.10. The molecule has 1 aliphatic heterocycles. The van der Waals surface area contributed by atoms with Crippen LogP contribution >= 0.6 is 11.3 Å². The molecule has 1 amide bonds. The number of hydrogen-bond acceptors (Lipinski definition) is 4. The van der Waals surface area contributed by atoms with Gasteiger partial charge in [-0.15, -0.1) is 11.3 Å². The predicted molar refractivity (Wildman–Crippen MR) is 68.1 cm³/mol. The van der Waals surface area contributed by atoms with Gasteiger partial charge >= 0.3 is 0 Å². The van der Waals surface area contributed by atoms with Crippen molar-refractivity contribution >= 4 is 17.2 Å². The van der Waals surface area contributed by atoms with Crippen LogP contribution in [0.25, 0.3) is 0 Å². The summed E-state index contributed by atoms with van der Waals surface area (Å²) in [6.07, 6.45) is 0. The van der Waals surface area contributed by atoms with Gasteiger partial charge in [0.2, 0.25) is 5.91 Å². The van der Waals surface area contributed by atoms with Gasteiger partial charge < -0.3 is 15.0 Å². The fraction of sp³-hybridized carbons (Fsp3) is 0.583. The number of nitrogens with one attached hydrogen (secondary N) is 1. The molecular weight excluding hydrogens is 236 g/mol. The molecule has 1 aromatic heterocycles. The lowest BCUT2D eigenvalue weighted by atomic mass is 10.2. The summed E-state index contributed by atoms with van der Waals surface area (Å²) in [5.74, 6) is 0.164. The number of nitrogens with zero attached hydrogens (tertiary/aromatic N) is 1. The fourth-order valence-corrected chi connectivity index (χ4v) is 2.56. The van der Waals surface area contributed by atoms with Crippen LogP contribution in [0.2, 0.25) is 0 Å². The van der Waals surface area contributed by atoms with Crippen LogP contribution < -0.4 is 5.32 Å². The van der Waals surface area contributed by atoms with E-state index < -0.39 is 0 Å². The van der Waals surface area contributed by atoms with Crippen LogP contribution in [-0.4, -0.2) is 43.7 Å². The van der Waals surface area contributed by atoms with Crippen molar-refractivity contribution in [3.8, 4) is 0 Å². The van der Waals surface area contributed by atoms with E-state index in [4.69, 9.17) is 4.74 Å². The van der Waals surface area contributed by atoms with Crippen molar-refractivity contribution in [1.29, 1.82) is 0 Å². The van der Waals surface area contributed by atoms with Crippen LogP contribution in [0.1, 0.15) is 17.8 Å². The highest BCUT2D eigenvalue weighted by Crippen LogP contribution is 2.17. The lowest BCUT2D eigenvalue weighted by molar-refractivity contribution is -0.134. The summed E-state index contributed by atoms with van der Waals surface area (Å²) >= 11 is 1.71. The monoisotopic (exact) mass is 254 g/mol. The van der Waals surface area contributed by atoms with Crippen molar-refractivity contribution in [2.24, 2.45) is 0 Å². The van der Waals surface area contributed by atoms with E-state index in [-0.39, 0.29) is 11.9 Å². The van der Waals surface area contributed by atoms with E-state index in [1.165, 1.54) is 4.88 Å². The molecule has 2 heterocycles. The zero-order valence-corrected chi connectivity index (χ0v) is 10.8. The van der Waals surface area contributed by atoms with E-state index in [0.29, 0.717) is 32.8 Å². The minimum absolute atomic E-state index is 0.164. The first-order valence-corrected chi connectivity index (χ1v) is 6.77. The van der Waals surface area contributed by atoms with Gasteiger partial charge in [0.25, 0.3) is 0 Å². The molecule has 0 bridgehead atoms. The summed E-state index contributed by atoms with van der Waals surface area (Å²) < 4.78 is 5.22. The zero-order chi connectivity index (χ0) is 12.1. The van der Waals surface area contributed by atoms with Gasteiger partial charge in [-0.2, -0.15) is 0 Å². The summed E-state index contributed by atoms with van der Waals surface area (Å²) in [5, 5.41) is 5.31. The third-order valence-corrected chi connectivity index (χ3v) is 3.95. The van der Waals surface area contributed by atoms with Crippen molar-refractivity contribution < 1.29 is 9.53 Å². The number of thiophene rings is 1. The van der Waals surface area contributed by atoms with Gasteiger partial charge in [0.1, 0.15) is 0 Å². The first kappa shape index (κ1) is 12.5. The SMILES string of the molecule is C[C@@H](NCC(=O)N1CCOCC1)c1cccs1. The molecule has 1 N–H and O–H groups in total. The molecule has 0 spiro atoms. The average molecular weight is 254 g/mol. The molecule has 1 fully saturated rings. The van der Waals surface area contributed by atoms with Crippen LogP contribution in [0.5, 0.6) is 0 Å². The van der Waals surface area contributed by atoms with E-state index in [9.17, 15) is 4.79 Å². The normalized spacial score (nSPS) is 18.1. The Balaban J connectivity index is 1.75. The van der Waals surface area contributed by atoms with Crippen molar-refractivity contribution in [2.75, 3.05) is 32.8 Å². The van der Waals surface area contributed by atoms with Crippen LogP contribution in [-0.2, 0) is 9.53 Å². The molecule has 1 aromatic rings. The number of morpholine rings is 1. The minimum Gasteiger partial charge on any atom is -0.378 e. The molecule has 0 unspecified atom stereocenters. The largest absolute Gasteiger partial charge is 0.378 e. The predicted octanol–water partition coefficient (Wildman–Crippen LogP) is 1.26. The van der Waals surface area contributed by atoms with Crippen LogP contribution in [0.15, 0.2) is 17.5 Å². The zero-order valence-electron chi connectivity index (χ0n) is 10.0. The second-order valence-electron chi connectivity index (χ2n) is 4.11. The Morgan fingerprint density at radius 3 is 3.00 bits per heavy atom. The molecule has 5 heteroatoms.